The first kappa shape index (κ1) is 24.5. The zero-order chi connectivity index (χ0) is 23.1. The van der Waals surface area contributed by atoms with Crippen LogP contribution in [0.3, 0.4) is 0 Å². The third kappa shape index (κ3) is 6.46. The smallest absolute Gasteiger partial charge is 0.258 e. The minimum atomic E-state index is -3.43. The van der Waals surface area contributed by atoms with Crippen molar-refractivity contribution in [2.45, 2.75) is 37.5 Å². The monoisotopic (exact) mass is 524 g/mol. The van der Waals surface area contributed by atoms with E-state index < -0.39 is 10.0 Å². The Morgan fingerprint density at radius 1 is 1.09 bits per heavy atom. The van der Waals surface area contributed by atoms with Gasteiger partial charge in [-0.2, -0.15) is 4.31 Å². The van der Waals surface area contributed by atoms with Crippen LogP contribution in [0.15, 0.2) is 51.8 Å². The number of halogens is 1. The minimum Gasteiger partial charge on any atom is -0.492 e. The Hall–Kier alpha value is -2.10. The number of rotatable bonds is 10. The number of benzene rings is 2. The van der Waals surface area contributed by atoms with Gasteiger partial charge in [-0.15, -0.1) is 0 Å². The summed E-state index contributed by atoms with van der Waals surface area (Å²) < 4.78 is 38.6. The van der Waals surface area contributed by atoms with E-state index in [0.717, 1.165) is 17.3 Å². The molecule has 1 N–H and O–H groups in total. The van der Waals surface area contributed by atoms with Gasteiger partial charge in [0.1, 0.15) is 18.1 Å². The van der Waals surface area contributed by atoms with Crippen LogP contribution in [-0.4, -0.2) is 51.5 Å². The third-order valence-corrected chi connectivity index (χ3v) is 7.73. The van der Waals surface area contributed by atoms with Crippen LogP contribution < -0.4 is 14.8 Å². The summed E-state index contributed by atoms with van der Waals surface area (Å²) in [5.41, 5.74) is 1.19. The number of carbonyl (C=O) groups excluding carboxylic acids is 1. The molecule has 0 aromatic heterocycles. The molecule has 0 unspecified atom stereocenters. The average molecular weight is 525 g/mol. The topological polar surface area (TPSA) is 84.9 Å². The van der Waals surface area contributed by atoms with Gasteiger partial charge in [0.05, 0.1) is 15.9 Å². The fourth-order valence-corrected chi connectivity index (χ4v) is 5.36. The van der Waals surface area contributed by atoms with E-state index in [4.69, 9.17) is 9.47 Å². The zero-order valence-corrected chi connectivity index (χ0v) is 20.7. The molecule has 32 heavy (non-hydrogen) atoms. The molecule has 0 aliphatic carbocycles. The zero-order valence-electron chi connectivity index (χ0n) is 18.3. The van der Waals surface area contributed by atoms with Crippen LogP contribution in [0.25, 0.3) is 0 Å². The third-order valence-electron chi connectivity index (χ3n) is 5.20. The van der Waals surface area contributed by atoms with Crippen LogP contribution in [0.2, 0.25) is 0 Å². The van der Waals surface area contributed by atoms with Crippen molar-refractivity contribution in [3.05, 3.63) is 52.5 Å². The number of nitrogens with one attached hydrogen (secondary N) is 1. The van der Waals surface area contributed by atoms with E-state index in [-0.39, 0.29) is 24.0 Å². The maximum Gasteiger partial charge on any atom is 0.258 e. The number of sulfonamides is 1. The number of nitrogens with zero attached hydrogens (tertiary/aromatic N) is 1. The first-order valence-corrected chi connectivity index (χ1v) is 12.9. The lowest BCUT2D eigenvalue weighted by atomic mass is 10.0. The quantitative estimate of drug-likeness (QED) is 0.476. The van der Waals surface area contributed by atoms with Gasteiger partial charge in [0.25, 0.3) is 5.91 Å². The van der Waals surface area contributed by atoms with Crippen LogP contribution in [0, 0.1) is 0 Å². The fourth-order valence-electron chi connectivity index (χ4n) is 3.33. The molecule has 1 fully saturated rings. The van der Waals surface area contributed by atoms with Crippen molar-refractivity contribution in [2.24, 2.45) is 0 Å². The van der Waals surface area contributed by atoms with E-state index in [1.165, 1.54) is 9.87 Å². The number of ether oxygens (including phenoxy) is 2. The predicted molar refractivity (Wildman–Crippen MR) is 127 cm³/mol. The van der Waals surface area contributed by atoms with E-state index in [1.54, 1.807) is 24.3 Å². The summed E-state index contributed by atoms with van der Waals surface area (Å²) in [4.78, 5) is 12.3. The Balaban J connectivity index is 1.39. The van der Waals surface area contributed by atoms with Crippen LogP contribution >= 0.6 is 15.9 Å². The molecule has 1 saturated heterocycles. The SMILES string of the molecule is CC(C)c1ccc(OCC(=O)NCCOc2ccc(S(=O)(=O)N3CCCC3)cc2)c(Br)c1. The van der Waals surface area contributed by atoms with Crippen LogP contribution in [0.4, 0.5) is 0 Å². The molecule has 0 saturated carbocycles. The van der Waals surface area contributed by atoms with Gasteiger partial charge in [0, 0.05) is 13.1 Å². The summed E-state index contributed by atoms with van der Waals surface area (Å²) >= 11 is 3.47. The molecule has 7 nitrogen and oxygen atoms in total. The Morgan fingerprint density at radius 2 is 1.78 bits per heavy atom. The van der Waals surface area contributed by atoms with Gasteiger partial charge >= 0.3 is 0 Å². The number of amides is 1. The lowest BCUT2D eigenvalue weighted by Gasteiger charge is -2.15. The van der Waals surface area contributed by atoms with Crippen molar-refractivity contribution in [2.75, 3.05) is 32.8 Å². The van der Waals surface area contributed by atoms with Gasteiger partial charge in [-0.3, -0.25) is 4.79 Å². The summed E-state index contributed by atoms with van der Waals surface area (Å²) in [5, 5.41) is 2.74. The van der Waals surface area contributed by atoms with Gasteiger partial charge in [-0.05, 0) is 76.7 Å². The fraction of sp³-hybridized carbons (Fsp3) is 0.435. The molecule has 174 valence electrons. The first-order chi connectivity index (χ1) is 15.3. The number of hydrogen-bond acceptors (Lipinski definition) is 5. The predicted octanol–water partition coefficient (Wildman–Crippen LogP) is 3.93. The summed E-state index contributed by atoms with van der Waals surface area (Å²) in [6, 6.07) is 12.2. The van der Waals surface area contributed by atoms with Crippen molar-refractivity contribution < 1.29 is 22.7 Å². The highest BCUT2D eigenvalue weighted by Gasteiger charge is 2.26. The maximum atomic E-state index is 12.5. The van der Waals surface area contributed by atoms with E-state index in [2.05, 4.69) is 35.1 Å². The molecule has 2 aromatic rings. The van der Waals surface area contributed by atoms with Gasteiger partial charge in [0.15, 0.2) is 6.61 Å². The van der Waals surface area contributed by atoms with Gasteiger partial charge in [-0.25, -0.2) is 8.42 Å². The van der Waals surface area contributed by atoms with E-state index >= 15 is 0 Å². The molecule has 2 aromatic carbocycles. The van der Waals surface area contributed by atoms with Crippen molar-refractivity contribution in [1.82, 2.24) is 9.62 Å². The standard InChI is InChI=1S/C23H29BrN2O5S/c1-17(2)18-5-10-22(21(24)15-18)31-16-23(27)25-11-14-30-19-6-8-20(9-7-19)32(28,29)26-12-3-4-13-26/h5-10,15,17H,3-4,11-14,16H2,1-2H3,(H,25,27). The molecule has 0 radical (unpaired) electrons. The second kappa shape index (κ2) is 11.2. The van der Waals surface area contributed by atoms with E-state index in [0.29, 0.717) is 37.1 Å². The summed E-state index contributed by atoms with van der Waals surface area (Å²) in [7, 11) is -3.43. The van der Waals surface area contributed by atoms with Crippen molar-refractivity contribution in [1.29, 1.82) is 0 Å². The molecule has 0 atom stereocenters. The van der Waals surface area contributed by atoms with E-state index in [1.807, 2.05) is 18.2 Å². The molecule has 1 heterocycles. The Morgan fingerprint density at radius 3 is 2.41 bits per heavy atom. The molecule has 1 aliphatic heterocycles. The lowest BCUT2D eigenvalue weighted by molar-refractivity contribution is -0.123. The van der Waals surface area contributed by atoms with Crippen LogP contribution in [0.5, 0.6) is 11.5 Å². The molecule has 9 heteroatoms. The summed E-state index contributed by atoms with van der Waals surface area (Å²) in [6.07, 6.45) is 1.80. The van der Waals surface area contributed by atoms with Gasteiger partial charge in [-0.1, -0.05) is 19.9 Å². The Bertz CT molecular complexity index is 1020. The van der Waals surface area contributed by atoms with Crippen LogP contribution in [0.1, 0.15) is 38.2 Å². The molecule has 3 rings (SSSR count). The van der Waals surface area contributed by atoms with Gasteiger partial charge in [0.2, 0.25) is 10.0 Å². The molecule has 1 amide bonds. The molecule has 0 bridgehead atoms. The second-order valence-electron chi connectivity index (χ2n) is 7.91. The highest BCUT2D eigenvalue weighted by Crippen LogP contribution is 2.29. The molecule has 0 spiro atoms. The van der Waals surface area contributed by atoms with Crippen molar-refractivity contribution in [3.8, 4) is 11.5 Å². The summed E-state index contributed by atoms with van der Waals surface area (Å²) in [5.74, 6) is 1.32. The summed E-state index contributed by atoms with van der Waals surface area (Å²) in [6.45, 7) is 5.85. The van der Waals surface area contributed by atoms with Crippen LogP contribution in [-0.2, 0) is 14.8 Å². The van der Waals surface area contributed by atoms with Crippen molar-refractivity contribution in [3.63, 3.8) is 0 Å². The number of carbonyl (C=O) groups is 1. The van der Waals surface area contributed by atoms with Gasteiger partial charge < -0.3 is 14.8 Å². The minimum absolute atomic E-state index is 0.0946. The number of hydrogen-bond donors (Lipinski definition) is 1. The molecule has 1 aliphatic rings. The van der Waals surface area contributed by atoms with Crippen molar-refractivity contribution >= 4 is 31.9 Å². The van der Waals surface area contributed by atoms with E-state index in [9.17, 15) is 13.2 Å². The first-order valence-electron chi connectivity index (χ1n) is 10.7. The Labute approximate surface area is 198 Å². The maximum absolute atomic E-state index is 12.5. The Kier molecular flexibility index (Phi) is 8.56. The largest absolute Gasteiger partial charge is 0.492 e. The molecular weight excluding hydrogens is 496 g/mol. The normalized spacial score (nSPS) is 14.5. The average Bonchev–Trinajstić information content (AvgIpc) is 3.32. The lowest BCUT2D eigenvalue weighted by Crippen LogP contribution is -2.32. The highest BCUT2D eigenvalue weighted by atomic mass is 79.9. The second-order valence-corrected chi connectivity index (χ2v) is 10.7. The molecular formula is C23H29BrN2O5S. The highest BCUT2D eigenvalue weighted by molar-refractivity contribution is 9.10.